The lowest BCUT2D eigenvalue weighted by molar-refractivity contribution is 0.198. The van der Waals surface area contributed by atoms with Crippen LogP contribution in [0.15, 0.2) is 48.5 Å². The summed E-state index contributed by atoms with van der Waals surface area (Å²) in [5.74, 6) is 0. The molecule has 26 heavy (non-hydrogen) atoms. The molecule has 0 amide bonds. The van der Waals surface area contributed by atoms with E-state index in [1.165, 1.54) is 60.1 Å². The van der Waals surface area contributed by atoms with Gasteiger partial charge >= 0.3 is 0 Å². The van der Waals surface area contributed by atoms with Gasteiger partial charge in [0.05, 0.1) is 5.34 Å². The van der Waals surface area contributed by atoms with Crippen molar-refractivity contribution in [2.24, 2.45) is 0 Å². The van der Waals surface area contributed by atoms with Gasteiger partial charge in [0.2, 0.25) is 0 Å². The molecule has 0 atom stereocenters. The van der Waals surface area contributed by atoms with E-state index in [1.54, 1.807) is 11.1 Å². The van der Waals surface area contributed by atoms with Crippen molar-refractivity contribution >= 4 is 44.7 Å². The second kappa shape index (κ2) is 10.2. The van der Waals surface area contributed by atoms with Crippen molar-refractivity contribution in [2.45, 2.75) is 38.5 Å². The third-order valence-corrected chi connectivity index (χ3v) is 5.08. The van der Waals surface area contributed by atoms with Crippen LogP contribution in [0.3, 0.4) is 0 Å². The standard InChI is InChI=1S/C18H16.C4H8O.CH2Cl2/c1-3-7-15-13(5-1)9-11-18-16-8-4-2-6-14(16)10-12-17(15)18;1-2-4-5-3-1;2-1-3/h1,3,5,7,9-12H,2,4,6,8H2;1-4H2;1H2. The summed E-state index contributed by atoms with van der Waals surface area (Å²) in [6, 6.07) is 18.0. The van der Waals surface area contributed by atoms with Crippen LogP contribution in [0, 0.1) is 0 Å². The number of fused-ring (bicyclic) bond motifs is 5. The first kappa shape index (κ1) is 19.5. The van der Waals surface area contributed by atoms with E-state index in [4.69, 9.17) is 27.9 Å². The molecule has 0 N–H and O–H groups in total. The van der Waals surface area contributed by atoms with Crippen LogP contribution in [0.5, 0.6) is 0 Å². The van der Waals surface area contributed by atoms with Crippen molar-refractivity contribution < 1.29 is 4.74 Å². The quantitative estimate of drug-likeness (QED) is 0.295. The molecule has 1 nitrogen and oxygen atoms in total. The molecule has 1 aliphatic heterocycles. The maximum Gasteiger partial charge on any atom is 0.0967 e. The lowest BCUT2D eigenvalue weighted by atomic mass is 9.86. The molecule has 0 bridgehead atoms. The van der Waals surface area contributed by atoms with Crippen molar-refractivity contribution in [3.8, 4) is 0 Å². The van der Waals surface area contributed by atoms with Crippen molar-refractivity contribution in [2.75, 3.05) is 18.6 Å². The van der Waals surface area contributed by atoms with Gasteiger partial charge in [0.1, 0.15) is 0 Å². The van der Waals surface area contributed by atoms with Crippen molar-refractivity contribution in [1.82, 2.24) is 0 Å². The Morgan fingerprint density at radius 3 is 2.12 bits per heavy atom. The van der Waals surface area contributed by atoms with Gasteiger partial charge in [-0.1, -0.05) is 48.5 Å². The van der Waals surface area contributed by atoms with E-state index < -0.39 is 0 Å². The summed E-state index contributed by atoms with van der Waals surface area (Å²) in [5.41, 5.74) is 3.17. The predicted molar refractivity (Wildman–Crippen MR) is 115 cm³/mol. The molecule has 1 aliphatic carbocycles. The van der Waals surface area contributed by atoms with Gasteiger partial charge in [0.15, 0.2) is 0 Å². The van der Waals surface area contributed by atoms with E-state index in [0.717, 1.165) is 13.2 Å². The van der Waals surface area contributed by atoms with E-state index in [1.807, 2.05) is 0 Å². The number of rotatable bonds is 0. The van der Waals surface area contributed by atoms with Gasteiger partial charge in [-0.2, -0.15) is 0 Å². The number of alkyl halides is 2. The molecule has 0 unspecified atom stereocenters. The van der Waals surface area contributed by atoms with Gasteiger partial charge in [-0.15, -0.1) is 23.2 Å². The Morgan fingerprint density at radius 1 is 0.692 bits per heavy atom. The maximum absolute atomic E-state index is 4.94. The zero-order valence-electron chi connectivity index (χ0n) is 15.1. The number of halogens is 2. The highest BCUT2D eigenvalue weighted by atomic mass is 35.5. The van der Waals surface area contributed by atoms with E-state index in [2.05, 4.69) is 48.5 Å². The Morgan fingerprint density at radius 2 is 1.38 bits per heavy atom. The Balaban J connectivity index is 0.000000207. The van der Waals surface area contributed by atoms with Crippen LogP contribution >= 0.6 is 23.2 Å². The minimum atomic E-state index is 0.194. The smallest absolute Gasteiger partial charge is 0.0967 e. The van der Waals surface area contributed by atoms with Gasteiger partial charge in [-0.25, -0.2) is 0 Å². The van der Waals surface area contributed by atoms with E-state index in [0.29, 0.717) is 0 Å². The van der Waals surface area contributed by atoms with E-state index in [9.17, 15) is 0 Å². The monoisotopic (exact) mass is 388 g/mol. The SMILES string of the molecule is C1CCOC1.ClCCl.c1ccc2c(c1)ccc1c3c(ccc12)CCCC3. The summed E-state index contributed by atoms with van der Waals surface area (Å²) < 4.78 is 4.94. The van der Waals surface area contributed by atoms with E-state index in [-0.39, 0.29) is 5.34 Å². The molecule has 3 aromatic rings. The van der Waals surface area contributed by atoms with Gasteiger partial charge in [-0.05, 0) is 71.2 Å². The van der Waals surface area contributed by atoms with Gasteiger partial charge < -0.3 is 4.74 Å². The fraction of sp³-hybridized carbons (Fsp3) is 0.391. The van der Waals surface area contributed by atoms with Gasteiger partial charge in [0, 0.05) is 13.2 Å². The minimum absolute atomic E-state index is 0.194. The Labute approximate surface area is 166 Å². The van der Waals surface area contributed by atoms with Crippen LogP contribution in [0.25, 0.3) is 21.5 Å². The van der Waals surface area contributed by atoms with Crippen LogP contribution in [-0.4, -0.2) is 18.6 Å². The second-order valence-electron chi connectivity index (χ2n) is 6.71. The first-order valence-electron chi connectivity index (χ1n) is 9.47. The summed E-state index contributed by atoms with van der Waals surface area (Å²) in [4.78, 5) is 0. The molecule has 0 aromatic heterocycles. The lowest BCUT2D eigenvalue weighted by Crippen LogP contribution is -2.02. The molecule has 0 saturated carbocycles. The van der Waals surface area contributed by atoms with Crippen LogP contribution in [-0.2, 0) is 17.6 Å². The molecule has 1 heterocycles. The minimum Gasteiger partial charge on any atom is -0.381 e. The molecule has 3 aromatic carbocycles. The fourth-order valence-electron chi connectivity index (χ4n) is 3.85. The predicted octanol–water partition coefficient (Wildman–Crippen LogP) is 7.09. The zero-order chi connectivity index (χ0) is 18.2. The van der Waals surface area contributed by atoms with Gasteiger partial charge in [0.25, 0.3) is 0 Å². The molecule has 2 aliphatic rings. The van der Waals surface area contributed by atoms with Crippen LogP contribution in [0.1, 0.15) is 36.8 Å². The number of ether oxygens (including phenoxy) is 1. The van der Waals surface area contributed by atoms with Crippen LogP contribution in [0.4, 0.5) is 0 Å². The second-order valence-corrected chi connectivity index (χ2v) is 7.52. The summed E-state index contributed by atoms with van der Waals surface area (Å²) >= 11 is 9.53. The summed E-state index contributed by atoms with van der Waals surface area (Å²) in [6.07, 6.45) is 7.77. The molecule has 0 spiro atoms. The molecule has 138 valence electrons. The number of aryl methyl sites for hydroxylation is 2. The third kappa shape index (κ3) is 4.71. The molecule has 1 fully saturated rings. The Bertz CT molecular complexity index is 832. The topological polar surface area (TPSA) is 9.23 Å². The highest BCUT2D eigenvalue weighted by Crippen LogP contribution is 2.33. The fourth-order valence-corrected chi connectivity index (χ4v) is 3.85. The van der Waals surface area contributed by atoms with Crippen molar-refractivity contribution in [3.05, 3.63) is 59.7 Å². The normalized spacial score (nSPS) is 15.6. The average molecular weight is 389 g/mol. The van der Waals surface area contributed by atoms with Crippen molar-refractivity contribution in [3.63, 3.8) is 0 Å². The molecular formula is C23H26Cl2O. The van der Waals surface area contributed by atoms with E-state index >= 15 is 0 Å². The highest BCUT2D eigenvalue weighted by molar-refractivity contribution is 6.40. The Hall–Kier alpha value is -1.28. The lowest BCUT2D eigenvalue weighted by Gasteiger charge is -2.18. The average Bonchev–Trinajstić information content (AvgIpc) is 3.28. The van der Waals surface area contributed by atoms with Crippen LogP contribution < -0.4 is 0 Å². The first-order valence-corrected chi connectivity index (χ1v) is 10.5. The number of hydrogen-bond donors (Lipinski definition) is 0. The summed E-state index contributed by atoms with van der Waals surface area (Å²) in [5, 5.41) is 5.84. The molecule has 0 radical (unpaired) electrons. The van der Waals surface area contributed by atoms with Gasteiger partial charge in [-0.3, -0.25) is 0 Å². The molecule has 5 rings (SSSR count). The number of benzene rings is 3. The number of hydrogen-bond acceptors (Lipinski definition) is 1. The largest absolute Gasteiger partial charge is 0.381 e. The molecular weight excluding hydrogens is 363 g/mol. The molecule has 1 saturated heterocycles. The summed E-state index contributed by atoms with van der Waals surface area (Å²) in [6.45, 7) is 2.00. The Kier molecular flexibility index (Phi) is 7.61. The zero-order valence-corrected chi connectivity index (χ0v) is 16.7. The highest BCUT2D eigenvalue weighted by Gasteiger charge is 2.13. The molecule has 3 heteroatoms. The third-order valence-electron chi connectivity index (χ3n) is 5.08. The maximum atomic E-state index is 4.94. The van der Waals surface area contributed by atoms with Crippen molar-refractivity contribution in [1.29, 1.82) is 0 Å². The summed E-state index contributed by atoms with van der Waals surface area (Å²) in [7, 11) is 0. The first-order chi connectivity index (χ1) is 12.8. The van der Waals surface area contributed by atoms with Crippen LogP contribution in [0.2, 0.25) is 0 Å².